The lowest BCUT2D eigenvalue weighted by Crippen LogP contribution is -2.43. The van der Waals surface area contributed by atoms with Crippen molar-refractivity contribution in [2.24, 2.45) is 0 Å². The monoisotopic (exact) mass is 492 g/mol. The minimum Gasteiger partial charge on any atom is -0.380 e. The second-order valence-electron chi connectivity index (χ2n) is 8.85. The third-order valence-corrected chi connectivity index (χ3v) is 7.13. The highest BCUT2D eigenvalue weighted by Crippen LogP contribution is 2.29. The Morgan fingerprint density at radius 3 is 2.74 bits per heavy atom. The molecule has 9 nitrogen and oxygen atoms in total. The van der Waals surface area contributed by atoms with Crippen LogP contribution >= 0.6 is 11.3 Å². The number of hydrogen-bond donors (Lipinski definition) is 1. The van der Waals surface area contributed by atoms with Gasteiger partial charge in [0, 0.05) is 51.1 Å². The SMILES string of the molecule is CCOCCNc1nc(-n2ccc(-c3cccc(C)c3)n2)nc2nc(CN3CCN(C)CC3)sc12. The molecule has 1 aliphatic heterocycles. The van der Waals surface area contributed by atoms with Gasteiger partial charge in [-0.05, 0) is 33.0 Å². The highest BCUT2D eigenvalue weighted by molar-refractivity contribution is 7.19. The fourth-order valence-corrected chi connectivity index (χ4v) is 5.13. The fourth-order valence-electron chi connectivity index (χ4n) is 4.12. The van der Waals surface area contributed by atoms with Gasteiger partial charge in [0.05, 0.1) is 18.8 Å². The lowest BCUT2D eigenvalue weighted by molar-refractivity contribution is 0.148. The summed E-state index contributed by atoms with van der Waals surface area (Å²) in [4.78, 5) is 19.3. The molecular weight excluding hydrogens is 460 g/mol. The third-order valence-electron chi connectivity index (χ3n) is 6.09. The van der Waals surface area contributed by atoms with Gasteiger partial charge in [-0.15, -0.1) is 11.3 Å². The van der Waals surface area contributed by atoms with Crippen molar-refractivity contribution in [2.45, 2.75) is 20.4 Å². The van der Waals surface area contributed by atoms with Gasteiger partial charge in [0.1, 0.15) is 9.71 Å². The van der Waals surface area contributed by atoms with E-state index in [1.165, 1.54) is 5.56 Å². The number of benzene rings is 1. The second-order valence-corrected chi connectivity index (χ2v) is 9.93. The van der Waals surface area contributed by atoms with Crippen LogP contribution in [0.3, 0.4) is 0 Å². The Kier molecular flexibility index (Phi) is 7.33. The molecule has 0 atom stereocenters. The highest BCUT2D eigenvalue weighted by Gasteiger charge is 2.19. The summed E-state index contributed by atoms with van der Waals surface area (Å²) in [5.41, 5.74) is 3.86. The molecule has 0 saturated carbocycles. The molecular formula is C25H32N8OS. The van der Waals surface area contributed by atoms with Crippen molar-refractivity contribution in [1.29, 1.82) is 0 Å². The van der Waals surface area contributed by atoms with Crippen molar-refractivity contribution in [2.75, 3.05) is 58.3 Å². The van der Waals surface area contributed by atoms with Crippen molar-refractivity contribution in [3.8, 4) is 17.2 Å². The Bertz CT molecular complexity index is 1280. The minimum absolute atomic E-state index is 0.506. The van der Waals surface area contributed by atoms with Crippen LogP contribution in [0.2, 0.25) is 0 Å². The van der Waals surface area contributed by atoms with E-state index in [2.05, 4.69) is 47.3 Å². The van der Waals surface area contributed by atoms with Crippen LogP contribution in [0.25, 0.3) is 27.6 Å². The predicted molar refractivity (Wildman–Crippen MR) is 140 cm³/mol. The van der Waals surface area contributed by atoms with Crippen molar-refractivity contribution < 1.29 is 4.74 Å². The van der Waals surface area contributed by atoms with E-state index >= 15 is 0 Å². The van der Waals surface area contributed by atoms with E-state index < -0.39 is 0 Å². The standard InChI is InChI=1S/C25H32N8OS/c1-4-34-15-9-26-23-22-24(27-21(35-22)17-32-13-11-31(3)12-14-32)29-25(28-23)33-10-8-20(30-33)19-7-5-6-18(2)16-19/h5-8,10,16H,4,9,11-15,17H2,1-3H3,(H,26,28,29). The van der Waals surface area contributed by atoms with Crippen molar-refractivity contribution >= 4 is 27.5 Å². The van der Waals surface area contributed by atoms with Gasteiger partial charge in [-0.25, -0.2) is 9.67 Å². The van der Waals surface area contributed by atoms with Gasteiger partial charge in [-0.3, -0.25) is 4.90 Å². The van der Waals surface area contributed by atoms with Crippen molar-refractivity contribution in [3.63, 3.8) is 0 Å². The molecule has 3 aromatic heterocycles. The molecule has 4 aromatic rings. The number of aromatic nitrogens is 5. The molecule has 5 rings (SSSR count). The van der Waals surface area contributed by atoms with Gasteiger partial charge in [-0.1, -0.05) is 23.8 Å². The Morgan fingerprint density at radius 1 is 1.09 bits per heavy atom. The average molecular weight is 493 g/mol. The highest BCUT2D eigenvalue weighted by atomic mass is 32.1. The van der Waals surface area contributed by atoms with E-state index in [0.29, 0.717) is 31.4 Å². The molecule has 1 saturated heterocycles. The number of anilines is 1. The molecule has 0 spiro atoms. The average Bonchev–Trinajstić information content (AvgIpc) is 3.50. The number of likely N-dealkylation sites (N-methyl/N-ethyl adjacent to an activating group) is 1. The third kappa shape index (κ3) is 5.67. The number of fused-ring (bicyclic) bond motifs is 1. The number of hydrogen-bond acceptors (Lipinski definition) is 9. The first-order valence-electron chi connectivity index (χ1n) is 12.1. The quantitative estimate of drug-likeness (QED) is 0.356. The minimum atomic E-state index is 0.506. The van der Waals surface area contributed by atoms with E-state index in [1.807, 2.05) is 25.3 Å². The first kappa shape index (κ1) is 23.8. The molecule has 1 fully saturated rings. The smallest absolute Gasteiger partial charge is 0.254 e. The maximum absolute atomic E-state index is 5.51. The maximum Gasteiger partial charge on any atom is 0.254 e. The van der Waals surface area contributed by atoms with Gasteiger partial charge < -0.3 is 15.0 Å². The Balaban J connectivity index is 1.44. The Morgan fingerprint density at radius 2 is 1.94 bits per heavy atom. The molecule has 0 radical (unpaired) electrons. The van der Waals surface area contributed by atoms with E-state index in [4.69, 9.17) is 24.8 Å². The predicted octanol–water partition coefficient (Wildman–Crippen LogP) is 3.44. The normalized spacial score (nSPS) is 15.2. The molecule has 35 heavy (non-hydrogen) atoms. The fraction of sp³-hybridized carbons (Fsp3) is 0.440. The summed E-state index contributed by atoms with van der Waals surface area (Å²) in [7, 11) is 2.17. The summed E-state index contributed by atoms with van der Waals surface area (Å²) in [6.07, 6.45) is 1.90. The molecule has 184 valence electrons. The maximum atomic E-state index is 5.51. The molecule has 1 aliphatic rings. The molecule has 1 N–H and O–H groups in total. The van der Waals surface area contributed by atoms with Crippen LogP contribution in [0.5, 0.6) is 0 Å². The van der Waals surface area contributed by atoms with Gasteiger partial charge in [0.25, 0.3) is 5.95 Å². The van der Waals surface area contributed by atoms with Gasteiger partial charge >= 0.3 is 0 Å². The van der Waals surface area contributed by atoms with Crippen LogP contribution in [0, 0.1) is 6.92 Å². The number of aryl methyl sites for hydroxylation is 1. The van der Waals surface area contributed by atoms with E-state index in [1.54, 1.807) is 16.0 Å². The van der Waals surface area contributed by atoms with E-state index in [9.17, 15) is 0 Å². The van der Waals surface area contributed by atoms with Crippen LogP contribution in [0.15, 0.2) is 36.5 Å². The summed E-state index contributed by atoms with van der Waals surface area (Å²) in [5.74, 6) is 1.28. The van der Waals surface area contributed by atoms with Gasteiger partial charge in [-0.2, -0.15) is 15.1 Å². The molecule has 1 aromatic carbocycles. The largest absolute Gasteiger partial charge is 0.380 e. The van der Waals surface area contributed by atoms with Crippen LogP contribution < -0.4 is 5.32 Å². The summed E-state index contributed by atoms with van der Waals surface area (Å²) in [6, 6.07) is 10.3. The molecule has 10 heteroatoms. The zero-order valence-corrected chi connectivity index (χ0v) is 21.4. The molecule has 0 bridgehead atoms. The van der Waals surface area contributed by atoms with Crippen LogP contribution in [-0.2, 0) is 11.3 Å². The number of nitrogens with one attached hydrogen (secondary N) is 1. The van der Waals surface area contributed by atoms with Crippen molar-refractivity contribution in [1.82, 2.24) is 34.5 Å². The lowest BCUT2D eigenvalue weighted by atomic mass is 10.1. The summed E-state index contributed by atoms with van der Waals surface area (Å²) in [6.45, 7) is 11.2. The van der Waals surface area contributed by atoms with Gasteiger partial charge in [0.15, 0.2) is 11.5 Å². The lowest BCUT2D eigenvalue weighted by Gasteiger charge is -2.31. The Hall–Kier alpha value is -2.92. The van der Waals surface area contributed by atoms with E-state index in [-0.39, 0.29) is 0 Å². The topological polar surface area (TPSA) is 84.2 Å². The molecule has 0 amide bonds. The number of ether oxygens (including phenoxy) is 1. The van der Waals surface area contributed by atoms with Crippen LogP contribution in [0.1, 0.15) is 17.5 Å². The number of thiazole rings is 1. The Labute approximate surface area is 209 Å². The van der Waals surface area contributed by atoms with Crippen LogP contribution in [-0.4, -0.2) is 87.5 Å². The number of nitrogens with zero attached hydrogens (tertiary/aromatic N) is 7. The molecule has 4 heterocycles. The second kappa shape index (κ2) is 10.8. The summed E-state index contributed by atoms with van der Waals surface area (Å²) in [5, 5.41) is 9.25. The van der Waals surface area contributed by atoms with E-state index in [0.717, 1.165) is 59.5 Å². The first-order valence-corrected chi connectivity index (χ1v) is 12.9. The molecule has 0 unspecified atom stereocenters. The first-order chi connectivity index (χ1) is 17.1. The summed E-state index contributed by atoms with van der Waals surface area (Å²) < 4.78 is 8.21. The summed E-state index contributed by atoms with van der Waals surface area (Å²) >= 11 is 1.67. The van der Waals surface area contributed by atoms with Gasteiger partial charge in [0.2, 0.25) is 0 Å². The zero-order valence-electron chi connectivity index (χ0n) is 20.6. The number of rotatable bonds is 9. The number of piperazine rings is 1. The molecule has 0 aliphatic carbocycles. The van der Waals surface area contributed by atoms with Crippen molar-refractivity contribution in [3.05, 3.63) is 47.1 Å². The zero-order chi connectivity index (χ0) is 24.2. The van der Waals surface area contributed by atoms with Crippen LogP contribution in [0.4, 0.5) is 5.82 Å².